The van der Waals surface area contributed by atoms with Crippen molar-refractivity contribution in [2.45, 2.75) is 37.6 Å². The predicted molar refractivity (Wildman–Crippen MR) is 73.5 cm³/mol. The monoisotopic (exact) mass is 286 g/mol. The van der Waals surface area contributed by atoms with Crippen LogP contribution in [0.1, 0.15) is 24.2 Å². The van der Waals surface area contributed by atoms with E-state index in [-0.39, 0.29) is 6.04 Å². The van der Waals surface area contributed by atoms with Crippen molar-refractivity contribution < 1.29 is 8.42 Å². The second-order valence-electron chi connectivity index (χ2n) is 5.44. The van der Waals surface area contributed by atoms with E-state index in [0.717, 1.165) is 19.4 Å². The van der Waals surface area contributed by atoms with Gasteiger partial charge in [0, 0.05) is 19.1 Å². The first kappa shape index (κ1) is 14.5. The third-order valence-electron chi connectivity index (χ3n) is 3.53. The van der Waals surface area contributed by atoms with Crippen LogP contribution in [0.3, 0.4) is 0 Å². The van der Waals surface area contributed by atoms with Gasteiger partial charge in [0.1, 0.15) is 4.90 Å². The molecule has 0 aromatic carbocycles. The standard InChI is InChI=1S/C12H22N4O2S/c1-9-12(10(2)14-13-9)19(17,18)16-7-5-6-11(16)8-15(3)4/h11H,5-8H2,1-4H3,(H,13,14). The molecule has 0 amide bonds. The molecule has 6 nitrogen and oxygen atoms in total. The maximum Gasteiger partial charge on any atom is 0.247 e. The number of rotatable bonds is 4. The zero-order valence-electron chi connectivity index (χ0n) is 12.0. The zero-order chi connectivity index (χ0) is 14.2. The van der Waals surface area contributed by atoms with Gasteiger partial charge in [0.05, 0.1) is 11.4 Å². The Bertz CT molecular complexity index is 531. The summed E-state index contributed by atoms with van der Waals surface area (Å²) >= 11 is 0. The molecule has 1 unspecified atom stereocenters. The Kier molecular flexibility index (Phi) is 3.98. The summed E-state index contributed by atoms with van der Waals surface area (Å²) in [5.74, 6) is 0. The number of H-pyrrole nitrogens is 1. The van der Waals surface area contributed by atoms with Gasteiger partial charge in [-0.2, -0.15) is 9.40 Å². The minimum absolute atomic E-state index is 0.0636. The van der Waals surface area contributed by atoms with Gasteiger partial charge in [-0.25, -0.2) is 8.42 Å². The average molecular weight is 286 g/mol. The predicted octanol–water partition coefficient (Wildman–Crippen LogP) is 0.741. The number of nitrogens with one attached hydrogen (secondary N) is 1. The van der Waals surface area contributed by atoms with E-state index in [0.29, 0.717) is 22.8 Å². The number of aromatic amines is 1. The second kappa shape index (κ2) is 5.22. The van der Waals surface area contributed by atoms with E-state index in [9.17, 15) is 8.42 Å². The van der Waals surface area contributed by atoms with Crippen LogP contribution in [-0.2, 0) is 10.0 Å². The number of nitrogens with zero attached hydrogens (tertiary/aromatic N) is 3. The minimum Gasteiger partial charge on any atom is -0.308 e. The van der Waals surface area contributed by atoms with Crippen molar-refractivity contribution in [1.29, 1.82) is 0 Å². The molecule has 0 bridgehead atoms. The van der Waals surface area contributed by atoms with Gasteiger partial charge in [-0.3, -0.25) is 5.10 Å². The fourth-order valence-electron chi connectivity index (χ4n) is 2.77. The Hall–Kier alpha value is -0.920. The summed E-state index contributed by atoms with van der Waals surface area (Å²) in [6, 6.07) is 0.0636. The maximum absolute atomic E-state index is 12.8. The molecule has 0 aliphatic carbocycles. The molecule has 1 N–H and O–H groups in total. The van der Waals surface area contributed by atoms with Gasteiger partial charge in [0.15, 0.2) is 0 Å². The molecule has 1 aliphatic heterocycles. The topological polar surface area (TPSA) is 69.3 Å². The van der Waals surface area contributed by atoms with Crippen LogP contribution < -0.4 is 0 Å². The van der Waals surface area contributed by atoms with Gasteiger partial charge in [0.2, 0.25) is 10.0 Å². The molecule has 1 saturated heterocycles. The van der Waals surface area contributed by atoms with Crippen LogP contribution in [0.5, 0.6) is 0 Å². The number of hydrogen-bond donors (Lipinski definition) is 1. The smallest absolute Gasteiger partial charge is 0.247 e. The largest absolute Gasteiger partial charge is 0.308 e. The molecule has 108 valence electrons. The van der Waals surface area contributed by atoms with Crippen molar-refractivity contribution in [1.82, 2.24) is 19.4 Å². The third-order valence-corrected chi connectivity index (χ3v) is 5.74. The summed E-state index contributed by atoms with van der Waals surface area (Å²) in [7, 11) is 0.501. The van der Waals surface area contributed by atoms with E-state index in [1.165, 1.54) is 0 Å². The molecule has 0 radical (unpaired) electrons. The third kappa shape index (κ3) is 2.68. The van der Waals surface area contributed by atoms with E-state index in [1.807, 2.05) is 19.0 Å². The molecule has 7 heteroatoms. The Morgan fingerprint density at radius 1 is 1.42 bits per heavy atom. The number of hydrogen-bond acceptors (Lipinski definition) is 4. The van der Waals surface area contributed by atoms with Crippen LogP contribution in [0.15, 0.2) is 4.90 Å². The van der Waals surface area contributed by atoms with Crippen molar-refractivity contribution in [3.63, 3.8) is 0 Å². The summed E-state index contributed by atoms with van der Waals surface area (Å²) in [6.07, 6.45) is 1.85. The van der Waals surface area contributed by atoms with Gasteiger partial charge in [-0.05, 0) is 40.8 Å². The molecule has 1 aromatic heterocycles. The number of sulfonamides is 1. The van der Waals surface area contributed by atoms with E-state index in [1.54, 1.807) is 18.2 Å². The summed E-state index contributed by atoms with van der Waals surface area (Å²) in [4.78, 5) is 2.38. The summed E-state index contributed by atoms with van der Waals surface area (Å²) in [5.41, 5.74) is 1.17. The first-order valence-electron chi connectivity index (χ1n) is 6.52. The van der Waals surface area contributed by atoms with E-state index in [4.69, 9.17) is 0 Å². The molecule has 19 heavy (non-hydrogen) atoms. The van der Waals surface area contributed by atoms with Gasteiger partial charge in [-0.1, -0.05) is 0 Å². The lowest BCUT2D eigenvalue weighted by Gasteiger charge is -2.26. The highest BCUT2D eigenvalue weighted by atomic mass is 32.2. The number of aryl methyl sites for hydroxylation is 2. The number of likely N-dealkylation sites (N-methyl/N-ethyl adjacent to an activating group) is 1. The van der Waals surface area contributed by atoms with Crippen LogP contribution in [0.4, 0.5) is 0 Å². The fraction of sp³-hybridized carbons (Fsp3) is 0.750. The van der Waals surface area contributed by atoms with E-state index >= 15 is 0 Å². The lowest BCUT2D eigenvalue weighted by Crippen LogP contribution is -2.41. The Morgan fingerprint density at radius 2 is 2.11 bits per heavy atom. The first-order valence-corrected chi connectivity index (χ1v) is 7.96. The zero-order valence-corrected chi connectivity index (χ0v) is 12.8. The molecule has 1 aliphatic rings. The van der Waals surface area contributed by atoms with E-state index in [2.05, 4.69) is 10.2 Å². The van der Waals surface area contributed by atoms with Gasteiger partial charge in [0.25, 0.3) is 0 Å². The van der Waals surface area contributed by atoms with Crippen molar-refractivity contribution in [2.24, 2.45) is 0 Å². The van der Waals surface area contributed by atoms with Crippen molar-refractivity contribution in [3.05, 3.63) is 11.4 Å². The second-order valence-corrected chi connectivity index (χ2v) is 7.26. The quantitative estimate of drug-likeness (QED) is 0.886. The highest BCUT2D eigenvalue weighted by Gasteiger charge is 2.37. The maximum atomic E-state index is 12.8. The van der Waals surface area contributed by atoms with Crippen LogP contribution in [0, 0.1) is 13.8 Å². The summed E-state index contributed by atoms with van der Waals surface area (Å²) in [6.45, 7) is 4.84. The molecule has 2 heterocycles. The Labute approximate surface area is 114 Å². The molecule has 0 spiro atoms. The molecular weight excluding hydrogens is 264 g/mol. The average Bonchev–Trinajstić information content (AvgIpc) is 2.85. The molecular formula is C12H22N4O2S. The highest BCUT2D eigenvalue weighted by molar-refractivity contribution is 7.89. The summed E-state index contributed by atoms with van der Waals surface area (Å²) in [5, 5.41) is 6.75. The molecule has 1 atom stereocenters. The lowest BCUT2D eigenvalue weighted by molar-refractivity contribution is 0.291. The highest BCUT2D eigenvalue weighted by Crippen LogP contribution is 2.28. The molecule has 1 fully saturated rings. The fourth-order valence-corrected chi connectivity index (χ4v) is 4.79. The van der Waals surface area contributed by atoms with Crippen molar-refractivity contribution in [3.8, 4) is 0 Å². The minimum atomic E-state index is -3.44. The van der Waals surface area contributed by atoms with Crippen LogP contribution >= 0.6 is 0 Å². The lowest BCUT2D eigenvalue weighted by atomic mass is 10.2. The van der Waals surface area contributed by atoms with Crippen LogP contribution in [0.25, 0.3) is 0 Å². The van der Waals surface area contributed by atoms with E-state index < -0.39 is 10.0 Å². The Morgan fingerprint density at radius 3 is 2.63 bits per heavy atom. The van der Waals surface area contributed by atoms with Gasteiger partial charge >= 0.3 is 0 Å². The molecule has 2 rings (SSSR count). The molecule has 1 aromatic rings. The summed E-state index contributed by atoms with van der Waals surface area (Å²) < 4.78 is 27.2. The Balaban J connectivity index is 2.34. The normalized spacial score (nSPS) is 21.4. The SMILES string of the molecule is Cc1n[nH]c(C)c1S(=O)(=O)N1CCCC1CN(C)C. The van der Waals surface area contributed by atoms with Crippen molar-refractivity contribution in [2.75, 3.05) is 27.2 Å². The van der Waals surface area contributed by atoms with Gasteiger partial charge < -0.3 is 4.90 Å². The van der Waals surface area contributed by atoms with Crippen molar-refractivity contribution >= 4 is 10.0 Å². The van der Waals surface area contributed by atoms with Crippen LogP contribution in [-0.4, -0.2) is 61.0 Å². The first-order chi connectivity index (χ1) is 8.84. The number of aromatic nitrogens is 2. The van der Waals surface area contributed by atoms with Gasteiger partial charge in [-0.15, -0.1) is 0 Å². The van der Waals surface area contributed by atoms with Crippen LogP contribution in [0.2, 0.25) is 0 Å². The molecule has 0 saturated carbocycles.